The largest absolute Gasteiger partial charge is 0.385 e. The SMILES string of the molecule is C/C(=N/OCC(=O)N/N=C\C1=C(c2ccccc2)[C@H]2C=C[C@@H]1C2)c1ccccc1. The van der Waals surface area contributed by atoms with Crippen LogP contribution in [-0.2, 0) is 9.63 Å². The third kappa shape index (κ3) is 4.35. The minimum absolute atomic E-state index is 0.182. The molecule has 29 heavy (non-hydrogen) atoms. The van der Waals surface area contributed by atoms with Crippen molar-refractivity contribution in [3.8, 4) is 0 Å². The highest BCUT2D eigenvalue weighted by molar-refractivity contribution is 5.98. The molecule has 2 aromatic carbocycles. The Balaban J connectivity index is 1.35. The predicted molar refractivity (Wildman–Crippen MR) is 115 cm³/mol. The van der Waals surface area contributed by atoms with Gasteiger partial charge >= 0.3 is 0 Å². The van der Waals surface area contributed by atoms with Gasteiger partial charge in [-0.1, -0.05) is 78.0 Å². The molecule has 5 heteroatoms. The van der Waals surface area contributed by atoms with Crippen LogP contribution in [0.4, 0.5) is 0 Å². The molecule has 146 valence electrons. The quantitative estimate of drug-likeness (QED) is 0.441. The molecule has 0 radical (unpaired) electrons. The highest BCUT2D eigenvalue weighted by Crippen LogP contribution is 2.47. The lowest BCUT2D eigenvalue weighted by Gasteiger charge is -2.13. The van der Waals surface area contributed by atoms with Crippen LogP contribution in [0.1, 0.15) is 24.5 Å². The molecule has 0 fully saturated rings. The van der Waals surface area contributed by atoms with E-state index < -0.39 is 0 Å². The first-order valence-corrected chi connectivity index (χ1v) is 9.74. The number of nitrogens with one attached hydrogen (secondary N) is 1. The molecule has 0 spiro atoms. The fraction of sp³-hybridized carbons (Fsp3) is 0.208. The van der Waals surface area contributed by atoms with Crippen LogP contribution in [0.2, 0.25) is 0 Å². The Kier molecular flexibility index (Phi) is 5.66. The molecule has 0 unspecified atom stereocenters. The van der Waals surface area contributed by atoms with Crippen LogP contribution in [0.5, 0.6) is 0 Å². The maximum absolute atomic E-state index is 12.0. The Bertz CT molecular complexity index is 991. The second-order valence-electron chi connectivity index (χ2n) is 7.18. The van der Waals surface area contributed by atoms with E-state index in [-0.39, 0.29) is 12.5 Å². The van der Waals surface area contributed by atoms with Crippen LogP contribution in [0.15, 0.2) is 88.6 Å². The van der Waals surface area contributed by atoms with E-state index >= 15 is 0 Å². The van der Waals surface area contributed by atoms with Crippen molar-refractivity contribution >= 4 is 23.4 Å². The van der Waals surface area contributed by atoms with Crippen molar-refractivity contribution in [2.75, 3.05) is 6.61 Å². The van der Waals surface area contributed by atoms with Gasteiger partial charge in [0.25, 0.3) is 5.91 Å². The number of allylic oxidation sites excluding steroid dienone is 4. The third-order valence-corrected chi connectivity index (χ3v) is 5.23. The van der Waals surface area contributed by atoms with Gasteiger partial charge in [0.05, 0.1) is 11.9 Å². The summed E-state index contributed by atoms with van der Waals surface area (Å²) in [5.41, 5.74) is 7.89. The molecule has 0 aliphatic heterocycles. The second kappa shape index (κ2) is 8.69. The Morgan fingerprint density at radius 3 is 2.52 bits per heavy atom. The summed E-state index contributed by atoms with van der Waals surface area (Å²) in [5.74, 6) is 0.454. The minimum atomic E-state index is -0.341. The van der Waals surface area contributed by atoms with Crippen molar-refractivity contribution in [1.29, 1.82) is 0 Å². The molecule has 0 saturated heterocycles. The summed E-state index contributed by atoms with van der Waals surface area (Å²) in [4.78, 5) is 17.1. The molecule has 0 saturated carbocycles. The number of carbonyl (C=O) groups is 1. The summed E-state index contributed by atoms with van der Waals surface area (Å²) in [6.45, 7) is 1.66. The van der Waals surface area contributed by atoms with Crippen LogP contribution in [0.3, 0.4) is 0 Å². The summed E-state index contributed by atoms with van der Waals surface area (Å²) in [7, 11) is 0. The van der Waals surface area contributed by atoms with Crippen molar-refractivity contribution < 1.29 is 9.63 Å². The number of fused-ring (bicyclic) bond motifs is 2. The smallest absolute Gasteiger partial charge is 0.280 e. The fourth-order valence-corrected chi connectivity index (χ4v) is 3.85. The molecule has 2 aromatic rings. The lowest BCUT2D eigenvalue weighted by molar-refractivity contribution is -0.125. The standard InChI is InChI=1S/C24H23N3O2/c1-17(18-8-4-2-5-9-18)27-29-16-23(28)26-25-15-22-20-12-13-21(14-20)24(22)19-10-6-3-7-11-19/h2-13,15,20-21H,14,16H2,1H3,(H,26,28)/b25-15-,27-17-/t20-,21+/m1/s1. The molecular formula is C24H23N3O2. The van der Waals surface area contributed by atoms with Crippen LogP contribution in [0, 0.1) is 11.8 Å². The maximum Gasteiger partial charge on any atom is 0.280 e. The topological polar surface area (TPSA) is 63.0 Å². The Hall–Kier alpha value is -3.47. The van der Waals surface area contributed by atoms with Gasteiger partial charge in [0.1, 0.15) is 0 Å². The Labute approximate surface area is 170 Å². The van der Waals surface area contributed by atoms with Gasteiger partial charge in [-0.2, -0.15) is 5.10 Å². The first kappa shape index (κ1) is 18.9. The number of hydrogen-bond donors (Lipinski definition) is 1. The molecule has 1 amide bonds. The molecular weight excluding hydrogens is 362 g/mol. The van der Waals surface area contributed by atoms with Crippen molar-refractivity contribution in [3.63, 3.8) is 0 Å². The number of rotatable bonds is 7. The number of carbonyl (C=O) groups excluding carboxylic acids is 1. The maximum atomic E-state index is 12.0. The number of hydrazone groups is 1. The molecule has 1 N–H and O–H groups in total. The molecule has 0 aromatic heterocycles. The van der Waals surface area contributed by atoms with Gasteiger partial charge in [-0.25, -0.2) is 5.43 Å². The Morgan fingerprint density at radius 1 is 1.07 bits per heavy atom. The fourth-order valence-electron chi connectivity index (χ4n) is 3.85. The van der Waals surface area contributed by atoms with Crippen LogP contribution in [0.25, 0.3) is 5.57 Å². The zero-order valence-corrected chi connectivity index (χ0v) is 16.3. The summed E-state index contributed by atoms with van der Waals surface area (Å²) < 4.78 is 0. The third-order valence-electron chi connectivity index (χ3n) is 5.23. The van der Waals surface area contributed by atoms with Crippen molar-refractivity contribution in [2.24, 2.45) is 22.1 Å². The highest BCUT2D eigenvalue weighted by Gasteiger charge is 2.34. The summed E-state index contributed by atoms with van der Waals surface area (Å²) in [6, 6.07) is 20.0. The van der Waals surface area contributed by atoms with Gasteiger partial charge in [0, 0.05) is 11.8 Å². The summed E-state index contributed by atoms with van der Waals surface area (Å²) in [6.07, 6.45) is 7.34. The Morgan fingerprint density at radius 2 is 1.76 bits per heavy atom. The molecule has 2 aliphatic rings. The van der Waals surface area contributed by atoms with E-state index in [9.17, 15) is 4.79 Å². The molecule has 2 bridgehead atoms. The minimum Gasteiger partial charge on any atom is -0.385 e. The van der Waals surface area contributed by atoms with Gasteiger partial charge in [-0.15, -0.1) is 0 Å². The predicted octanol–water partition coefficient (Wildman–Crippen LogP) is 4.19. The second-order valence-corrected chi connectivity index (χ2v) is 7.18. The molecule has 2 atom stereocenters. The molecule has 5 nitrogen and oxygen atoms in total. The van der Waals surface area contributed by atoms with E-state index in [1.54, 1.807) is 6.21 Å². The van der Waals surface area contributed by atoms with Crippen LogP contribution < -0.4 is 5.43 Å². The van der Waals surface area contributed by atoms with E-state index in [1.807, 2.05) is 55.5 Å². The molecule has 0 heterocycles. The number of oxime groups is 1. The molecule has 2 aliphatic carbocycles. The van der Waals surface area contributed by atoms with Crippen LogP contribution in [-0.4, -0.2) is 24.4 Å². The van der Waals surface area contributed by atoms with Crippen LogP contribution >= 0.6 is 0 Å². The number of hydrogen-bond acceptors (Lipinski definition) is 4. The van der Waals surface area contributed by atoms with Gasteiger partial charge in [-0.05, 0) is 35.6 Å². The van der Waals surface area contributed by atoms with Crippen molar-refractivity contribution in [2.45, 2.75) is 13.3 Å². The number of benzene rings is 2. The zero-order chi connectivity index (χ0) is 20.1. The first-order valence-electron chi connectivity index (χ1n) is 9.74. The van der Waals surface area contributed by atoms with E-state index in [2.05, 4.69) is 40.0 Å². The monoisotopic (exact) mass is 385 g/mol. The van der Waals surface area contributed by atoms with E-state index in [0.29, 0.717) is 17.5 Å². The van der Waals surface area contributed by atoms with Gasteiger partial charge < -0.3 is 4.84 Å². The first-order chi connectivity index (χ1) is 14.2. The average molecular weight is 385 g/mol. The van der Waals surface area contributed by atoms with E-state index in [0.717, 1.165) is 12.0 Å². The number of nitrogens with zero attached hydrogens (tertiary/aromatic N) is 2. The van der Waals surface area contributed by atoms with E-state index in [1.165, 1.54) is 16.7 Å². The summed E-state index contributed by atoms with van der Waals surface area (Å²) in [5, 5.41) is 8.15. The van der Waals surface area contributed by atoms with Crippen molar-refractivity contribution in [1.82, 2.24) is 5.43 Å². The molecule has 4 rings (SSSR count). The normalized spacial score (nSPS) is 20.5. The van der Waals surface area contributed by atoms with Gasteiger partial charge in [-0.3, -0.25) is 4.79 Å². The lowest BCUT2D eigenvalue weighted by Crippen LogP contribution is -2.22. The summed E-state index contributed by atoms with van der Waals surface area (Å²) >= 11 is 0. The lowest BCUT2D eigenvalue weighted by atomic mass is 9.92. The zero-order valence-electron chi connectivity index (χ0n) is 16.3. The van der Waals surface area contributed by atoms with Crippen molar-refractivity contribution in [3.05, 3.63) is 89.5 Å². The average Bonchev–Trinajstić information content (AvgIpc) is 3.37. The van der Waals surface area contributed by atoms with E-state index in [4.69, 9.17) is 4.84 Å². The number of amides is 1. The van der Waals surface area contributed by atoms with Gasteiger partial charge in [0.15, 0.2) is 6.61 Å². The van der Waals surface area contributed by atoms with Gasteiger partial charge in [0.2, 0.25) is 0 Å². The highest BCUT2D eigenvalue weighted by atomic mass is 16.6.